The molecule has 8 nitrogen and oxygen atoms in total. The molecule has 1 N–H and O–H groups in total. The van der Waals surface area contributed by atoms with Crippen molar-refractivity contribution >= 4 is 46.3 Å². The molecule has 0 bridgehead atoms. The zero-order valence-corrected chi connectivity index (χ0v) is 20.6. The van der Waals surface area contributed by atoms with Crippen molar-refractivity contribution in [3.63, 3.8) is 0 Å². The summed E-state index contributed by atoms with van der Waals surface area (Å²) in [6.45, 7) is 0.0518. The number of fused-ring (bicyclic) bond motifs is 1. The van der Waals surface area contributed by atoms with Gasteiger partial charge in [0, 0.05) is 22.8 Å². The number of halogens is 2. The maximum absolute atomic E-state index is 13.4. The van der Waals surface area contributed by atoms with Crippen LogP contribution in [0.2, 0.25) is 10.0 Å². The first-order valence-electron chi connectivity index (χ1n) is 10.7. The lowest BCUT2D eigenvalue weighted by molar-refractivity contribution is -0.132. The Morgan fingerprint density at radius 2 is 1.64 bits per heavy atom. The first-order chi connectivity index (χ1) is 17.3. The van der Waals surface area contributed by atoms with Gasteiger partial charge in [-0.25, -0.2) is 0 Å². The van der Waals surface area contributed by atoms with Gasteiger partial charge in [-0.15, -0.1) is 0 Å². The van der Waals surface area contributed by atoms with Crippen molar-refractivity contribution in [1.29, 1.82) is 0 Å². The lowest BCUT2D eigenvalue weighted by atomic mass is 9.94. The molecule has 2 heterocycles. The Kier molecular flexibility index (Phi) is 6.15. The Bertz CT molecular complexity index is 1420. The molecule has 0 aliphatic carbocycles. The number of anilines is 1. The van der Waals surface area contributed by atoms with Crippen molar-refractivity contribution in [3.05, 3.63) is 81.3 Å². The van der Waals surface area contributed by atoms with Crippen LogP contribution >= 0.6 is 23.2 Å². The fourth-order valence-electron chi connectivity index (χ4n) is 4.28. The quantitative estimate of drug-likeness (QED) is 0.271. The van der Waals surface area contributed by atoms with Crippen LogP contribution in [0.15, 0.2) is 60.2 Å². The summed E-state index contributed by atoms with van der Waals surface area (Å²) in [6, 6.07) is 13.5. The SMILES string of the molecule is COc1cc(OC)c(/C(O)=C2\C(=O)C(=O)N(c3ccc4c(c3)OCO4)C2c2ccc(Cl)cc2)cc1Cl. The highest BCUT2D eigenvalue weighted by Crippen LogP contribution is 2.46. The normalized spacial score (nSPS) is 18.0. The van der Waals surface area contributed by atoms with E-state index < -0.39 is 23.5 Å². The smallest absolute Gasteiger partial charge is 0.300 e. The van der Waals surface area contributed by atoms with E-state index in [1.165, 1.54) is 31.3 Å². The van der Waals surface area contributed by atoms with Crippen molar-refractivity contribution < 1.29 is 33.6 Å². The average Bonchev–Trinajstić information content (AvgIpc) is 3.45. The molecule has 2 aliphatic heterocycles. The third-order valence-corrected chi connectivity index (χ3v) is 6.54. The highest BCUT2D eigenvalue weighted by Gasteiger charge is 2.47. The number of ketones is 1. The Morgan fingerprint density at radius 3 is 2.33 bits per heavy atom. The molecule has 0 saturated carbocycles. The summed E-state index contributed by atoms with van der Waals surface area (Å²) < 4.78 is 21.5. The zero-order chi connectivity index (χ0) is 25.6. The van der Waals surface area contributed by atoms with Gasteiger partial charge in [-0.2, -0.15) is 0 Å². The Labute approximate surface area is 216 Å². The van der Waals surface area contributed by atoms with Gasteiger partial charge in [-0.05, 0) is 35.9 Å². The molecule has 1 unspecified atom stereocenters. The van der Waals surface area contributed by atoms with Gasteiger partial charge in [0.25, 0.3) is 11.7 Å². The van der Waals surface area contributed by atoms with Gasteiger partial charge in [-0.1, -0.05) is 35.3 Å². The molecule has 36 heavy (non-hydrogen) atoms. The van der Waals surface area contributed by atoms with E-state index in [0.717, 1.165) is 0 Å². The van der Waals surface area contributed by atoms with E-state index in [1.807, 2.05) is 0 Å². The van der Waals surface area contributed by atoms with Gasteiger partial charge < -0.3 is 24.1 Å². The molecule has 10 heteroatoms. The molecular formula is C26H19Cl2NO7. The van der Waals surface area contributed by atoms with Crippen LogP contribution in [0.5, 0.6) is 23.0 Å². The Balaban J connectivity index is 1.73. The number of ether oxygens (including phenoxy) is 4. The largest absolute Gasteiger partial charge is 0.507 e. The first kappa shape index (κ1) is 23.8. The number of carbonyl (C=O) groups is 2. The van der Waals surface area contributed by atoms with Crippen LogP contribution in [0, 0.1) is 0 Å². The number of rotatable bonds is 5. The van der Waals surface area contributed by atoms with Crippen molar-refractivity contribution in [2.45, 2.75) is 6.04 Å². The Hall–Kier alpha value is -3.88. The number of aliphatic hydroxyl groups is 1. The third-order valence-electron chi connectivity index (χ3n) is 5.99. The molecule has 184 valence electrons. The highest BCUT2D eigenvalue weighted by molar-refractivity contribution is 6.51. The number of amides is 1. The second-order valence-corrected chi connectivity index (χ2v) is 8.79. The summed E-state index contributed by atoms with van der Waals surface area (Å²) >= 11 is 12.4. The molecule has 0 aromatic heterocycles. The topological polar surface area (TPSA) is 94.5 Å². The van der Waals surface area contributed by atoms with Gasteiger partial charge in [0.2, 0.25) is 6.79 Å². The summed E-state index contributed by atoms with van der Waals surface area (Å²) in [7, 11) is 2.85. The zero-order valence-electron chi connectivity index (χ0n) is 19.1. The van der Waals surface area contributed by atoms with Crippen LogP contribution in [-0.4, -0.2) is 37.8 Å². The van der Waals surface area contributed by atoms with Crippen LogP contribution in [0.3, 0.4) is 0 Å². The van der Waals surface area contributed by atoms with E-state index in [1.54, 1.807) is 42.5 Å². The molecular weight excluding hydrogens is 509 g/mol. The van der Waals surface area contributed by atoms with Gasteiger partial charge in [0.05, 0.1) is 36.4 Å². The number of nitrogens with zero attached hydrogens (tertiary/aromatic N) is 1. The average molecular weight is 528 g/mol. The number of methoxy groups -OCH3 is 2. The second-order valence-electron chi connectivity index (χ2n) is 7.95. The van der Waals surface area contributed by atoms with Crippen LogP contribution in [-0.2, 0) is 9.59 Å². The third kappa shape index (κ3) is 3.88. The fraction of sp³-hybridized carbons (Fsp3) is 0.154. The molecule has 5 rings (SSSR count). The van der Waals surface area contributed by atoms with Crippen molar-refractivity contribution in [3.8, 4) is 23.0 Å². The van der Waals surface area contributed by atoms with E-state index >= 15 is 0 Å². The van der Waals surface area contributed by atoms with Gasteiger partial charge >= 0.3 is 0 Å². The molecule has 1 saturated heterocycles. The van der Waals surface area contributed by atoms with E-state index in [9.17, 15) is 14.7 Å². The summed E-state index contributed by atoms with van der Waals surface area (Å²) in [5.74, 6) is -0.659. The standard InChI is InChI=1S/C26H19Cl2NO7/c1-33-19-11-20(34-2)17(28)10-16(19)24(30)22-23(13-3-5-14(27)6-4-13)29(26(32)25(22)31)15-7-8-18-21(9-15)36-12-35-18/h3-11,23,30H,12H2,1-2H3/b24-22+. The number of hydrogen-bond donors (Lipinski definition) is 1. The molecule has 1 fully saturated rings. The summed E-state index contributed by atoms with van der Waals surface area (Å²) in [5, 5.41) is 12.1. The summed E-state index contributed by atoms with van der Waals surface area (Å²) in [6.07, 6.45) is 0. The monoisotopic (exact) mass is 527 g/mol. The molecule has 1 atom stereocenters. The molecule has 0 radical (unpaired) electrons. The molecule has 2 aliphatic rings. The van der Waals surface area contributed by atoms with Gasteiger partial charge in [-0.3, -0.25) is 14.5 Å². The van der Waals surface area contributed by atoms with Gasteiger partial charge in [0.15, 0.2) is 11.5 Å². The summed E-state index contributed by atoms with van der Waals surface area (Å²) in [5.41, 5.74) is 0.932. The maximum atomic E-state index is 13.4. The highest BCUT2D eigenvalue weighted by atomic mass is 35.5. The number of hydrogen-bond acceptors (Lipinski definition) is 7. The number of benzene rings is 3. The van der Waals surface area contributed by atoms with Crippen molar-refractivity contribution in [1.82, 2.24) is 0 Å². The van der Waals surface area contributed by atoms with Crippen LogP contribution in [0.4, 0.5) is 5.69 Å². The Morgan fingerprint density at radius 1 is 0.944 bits per heavy atom. The van der Waals surface area contributed by atoms with Crippen LogP contribution in [0.1, 0.15) is 17.2 Å². The lowest BCUT2D eigenvalue weighted by Crippen LogP contribution is -2.29. The minimum atomic E-state index is -0.978. The van der Waals surface area contributed by atoms with Crippen LogP contribution < -0.4 is 23.8 Å². The van der Waals surface area contributed by atoms with E-state index in [4.69, 9.17) is 42.1 Å². The minimum absolute atomic E-state index is 0.0518. The maximum Gasteiger partial charge on any atom is 0.300 e. The number of Topliss-reactive ketones (excluding diaryl/α,β-unsaturated/α-hetero) is 1. The molecule has 3 aromatic rings. The summed E-state index contributed by atoms with van der Waals surface area (Å²) in [4.78, 5) is 28.1. The van der Waals surface area contributed by atoms with Crippen molar-refractivity contribution in [2.75, 3.05) is 25.9 Å². The van der Waals surface area contributed by atoms with E-state index in [2.05, 4.69) is 0 Å². The second kappa shape index (κ2) is 9.29. The molecule has 1 amide bonds. The number of aliphatic hydroxyl groups excluding tert-OH is 1. The number of carbonyl (C=O) groups excluding carboxylic acids is 2. The van der Waals surface area contributed by atoms with Crippen LogP contribution in [0.25, 0.3) is 5.76 Å². The van der Waals surface area contributed by atoms with E-state index in [0.29, 0.717) is 33.5 Å². The molecule has 0 spiro atoms. The predicted octanol–water partition coefficient (Wildman–Crippen LogP) is 5.37. The fourth-order valence-corrected chi connectivity index (χ4v) is 4.65. The minimum Gasteiger partial charge on any atom is -0.507 e. The first-order valence-corrected chi connectivity index (χ1v) is 11.5. The molecule has 3 aromatic carbocycles. The van der Waals surface area contributed by atoms with Gasteiger partial charge in [0.1, 0.15) is 17.3 Å². The lowest BCUT2D eigenvalue weighted by Gasteiger charge is -2.26. The predicted molar refractivity (Wildman–Crippen MR) is 133 cm³/mol. The van der Waals surface area contributed by atoms with E-state index in [-0.39, 0.29) is 28.7 Å². The van der Waals surface area contributed by atoms with Crippen molar-refractivity contribution in [2.24, 2.45) is 0 Å².